The number of benzene rings is 1. The van der Waals surface area contributed by atoms with Gasteiger partial charge in [0.25, 0.3) is 11.8 Å². The molecule has 3 heterocycles. The quantitative estimate of drug-likeness (QED) is 0.681. The molecule has 1 aromatic rings. The Bertz CT molecular complexity index is 1010. The van der Waals surface area contributed by atoms with Crippen molar-refractivity contribution in [2.75, 3.05) is 24.3 Å². The number of imide groups is 1. The van der Waals surface area contributed by atoms with Crippen LogP contribution in [0.4, 0.5) is 14.9 Å². The van der Waals surface area contributed by atoms with Gasteiger partial charge >= 0.3 is 6.09 Å². The minimum atomic E-state index is -1.91. The molecule has 1 saturated heterocycles. The number of aliphatic imine (C=N–C) groups is 1. The normalized spacial score (nSPS) is 26.5. The van der Waals surface area contributed by atoms with E-state index in [9.17, 15) is 18.8 Å². The topological polar surface area (TPSA) is 88.5 Å². The van der Waals surface area contributed by atoms with Crippen LogP contribution in [0.3, 0.4) is 0 Å². The largest absolute Gasteiger partial charge is 0.448 e. The van der Waals surface area contributed by atoms with Crippen LogP contribution in [0.15, 0.2) is 35.8 Å². The van der Waals surface area contributed by atoms with Gasteiger partial charge in [-0.2, -0.15) is 0 Å². The lowest BCUT2D eigenvalue weighted by Gasteiger charge is -2.32. The number of hydrogen-bond acceptors (Lipinski definition) is 7. The Morgan fingerprint density at radius 1 is 1.43 bits per heavy atom. The van der Waals surface area contributed by atoms with Crippen molar-refractivity contribution in [2.24, 2.45) is 4.99 Å². The number of anilines is 1. The monoisotopic (exact) mass is 433 g/mol. The molecule has 0 radical (unpaired) electrons. The molecule has 0 bridgehead atoms. The van der Waals surface area contributed by atoms with Crippen molar-refractivity contribution < 1.29 is 28.2 Å². The first-order valence-electron chi connectivity index (χ1n) is 9.22. The van der Waals surface area contributed by atoms with E-state index >= 15 is 0 Å². The van der Waals surface area contributed by atoms with Crippen molar-refractivity contribution in [1.29, 1.82) is 0 Å². The Kier molecular flexibility index (Phi) is 4.64. The van der Waals surface area contributed by atoms with E-state index in [1.165, 1.54) is 29.2 Å². The van der Waals surface area contributed by atoms with Gasteiger partial charge in [-0.25, -0.2) is 19.1 Å². The molecule has 1 spiro atoms. The molecule has 1 fully saturated rings. The van der Waals surface area contributed by atoms with E-state index in [1.807, 2.05) is 0 Å². The first-order chi connectivity index (χ1) is 14.2. The molecule has 0 saturated carbocycles. The Labute approximate surface area is 176 Å². The van der Waals surface area contributed by atoms with Gasteiger partial charge in [-0.3, -0.25) is 9.59 Å². The number of ether oxygens (including phenoxy) is 2. The molecular weight excluding hydrogens is 413 g/mol. The number of carbonyl (C=O) groups is 3. The summed E-state index contributed by atoms with van der Waals surface area (Å²) in [5.74, 6) is -1.90. The first kappa shape index (κ1) is 20.4. The predicted octanol–water partition coefficient (Wildman–Crippen LogP) is 2.43. The number of halogens is 1. The fourth-order valence-corrected chi connectivity index (χ4v) is 4.43. The SMILES string of the molecule is C=CCN1C(=O)[C@]2(OC(SC)=N[C@H]2C(=O)N2C(=O)OCC2(C)C)c2cc(F)ccc21. The number of carbonyl (C=O) groups excluding carboxylic acids is 3. The molecule has 0 aromatic heterocycles. The van der Waals surface area contributed by atoms with Crippen LogP contribution in [0.1, 0.15) is 19.4 Å². The number of nitrogens with zero attached hydrogens (tertiary/aromatic N) is 3. The highest BCUT2D eigenvalue weighted by Crippen LogP contribution is 2.50. The highest BCUT2D eigenvalue weighted by molar-refractivity contribution is 8.13. The number of fused-ring (bicyclic) bond motifs is 2. The lowest BCUT2D eigenvalue weighted by Crippen LogP contribution is -2.57. The Morgan fingerprint density at radius 2 is 2.17 bits per heavy atom. The number of thioether (sulfide) groups is 1. The van der Waals surface area contributed by atoms with Gasteiger partial charge in [0.1, 0.15) is 12.4 Å². The van der Waals surface area contributed by atoms with Crippen LogP contribution in [0, 0.1) is 5.82 Å². The molecule has 3 aliphatic heterocycles. The lowest BCUT2D eigenvalue weighted by atomic mass is 9.86. The number of cyclic esters (lactones) is 1. The second-order valence-corrected chi connectivity index (χ2v) is 8.50. The number of amides is 3. The summed E-state index contributed by atoms with van der Waals surface area (Å²) in [4.78, 5) is 46.1. The van der Waals surface area contributed by atoms with Crippen LogP contribution >= 0.6 is 11.8 Å². The third-order valence-corrected chi connectivity index (χ3v) is 5.90. The molecule has 3 aliphatic rings. The van der Waals surface area contributed by atoms with E-state index < -0.39 is 40.9 Å². The molecule has 0 N–H and O–H groups in total. The molecule has 3 amide bonds. The summed E-state index contributed by atoms with van der Waals surface area (Å²) in [7, 11) is 0. The molecule has 8 nitrogen and oxygen atoms in total. The van der Waals surface area contributed by atoms with Gasteiger partial charge in [-0.05, 0) is 38.3 Å². The van der Waals surface area contributed by atoms with Crippen LogP contribution in [0.2, 0.25) is 0 Å². The van der Waals surface area contributed by atoms with Crippen LogP contribution in [-0.4, -0.2) is 59.0 Å². The van der Waals surface area contributed by atoms with Crippen LogP contribution in [0.25, 0.3) is 0 Å². The summed E-state index contributed by atoms with van der Waals surface area (Å²) in [6, 6.07) is 2.44. The van der Waals surface area contributed by atoms with Crippen molar-refractivity contribution in [3.63, 3.8) is 0 Å². The minimum Gasteiger partial charge on any atom is -0.448 e. The Hall–Kier alpha value is -2.88. The van der Waals surface area contributed by atoms with E-state index in [0.29, 0.717) is 5.69 Å². The summed E-state index contributed by atoms with van der Waals surface area (Å²) in [5, 5.41) is 0.0998. The third-order valence-electron chi connectivity index (χ3n) is 5.36. The van der Waals surface area contributed by atoms with Crippen molar-refractivity contribution in [1.82, 2.24) is 4.90 Å². The van der Waals surface area contributed by atoms with Crippen molar-refractivity contribution >= 4 is 40.6 Å². The van der Waals surface area contributed by atoms with Crippen molar-refractivity contribution in [3.8, 4) is 0 Å². The van der Waals surface area contributed by atoms with Gasteiger partial charge in [-0.1, -0.05) is 17.8 Å². The van der Waals surface area contributed by atoms with Crippen LogP contribution in [0.5, 0.6) is 0 Å². The zero-order valence-electron chi connectivity index (χ0n) is 16.7. The van der Waals surface area contributed by atoms with Gasteiger partial charge in [0.05, 0.1) is 11.2 Å². The smallest absolute Gasteiger partial charge is 0.417 e. The maximum atomic E-state index is 14.2. The maximum absolute atomic E-state index is 14.2. The first-order valence-corrected chi connectivity index (χ1v) is 10.4. The minimum absolute atomic E-state index is 0.0129. The number of hydrogen-bond donors (Lipinski definition) is 0. The molecule has 1 aromatic carbocycles. The van der Waals surface area contributed by atoms with Crippen molar-refractivity contribution in [2.45, 2.75) is 31.0 Å². The zero-order chi connectivity index (χ0) is 21.8. The van der Waals surface area contributed by atoms with Gasteiger partial charge in [0.2, 0.25) is 10.8 Å². The highest BCUT2D eigenvalue weighted by Gasteiger charge is 2.66. The summed E-state index contributed by atoms with van der Waals surface area (Å²) >= 11 is 1.11. The lowest BCUT2D eigenvalue weighted by molar-refractivity contribution is -0.145. The van der Waals surface area contributed by atoms with E-state index in [-0.39, 0.29) is 23.9 Å². The number of rotatable bonds is 3. The average molecular weight is 433 g/mol. The van der Waals surface area contributed by atoms with E-state index in [0.717, 1.165) is 16.7 Å². The maximum Gasteiger partial charge on any atom is 0.417 e. The molecule has 0 aliphatic carbocycles. The second-order valence-electron chi connectivity index (χ2n) is 7.75. The molecule has 158 valence electrons. The Morgan fingerprint density at radius 3 is 2.77 bits per heavy atom. The predicted molar refractivity (Wildman–Crippen MR) is 109 cm³/mol. The van der Waals surface area contributed by atoms with Gasteiger partial charge in [-0.15, -0.1) is 6.58 Å². The third kappa shape index (κ3) is 2.66. The second kappa shape index (κ2) is 6.83. The molecule has 10 heteroatoms. The molecule has 2 atom stereocenters. The molecule has 0 unspecified atom stereocenters. The zero-order valence-corrected chi connectivity index (χ0v) is 17.5. The van der Waals surface area contributed by atoms with E-state index in [2.05, 4.69) is 11.6 Å². The fraction of sp³-hybridized carbons (Fsp3) is 0.400. The summed E-state index contributed by atoms with van der Waals surface area (Å²) in [6.07, 6.45) is 2.38. The van der Waals surface area contributed by atoms with Crippen LogP contribution in [-0.2, 0) is 24.7 Å². The van der Waals surface area contributed by atoms with Crippen LogP contribution < -0.4 is 4.90 Å². The molecular formula is C20H20FN3O5S. The average Bonchev–Trinajstić information content (AvgIpc) is 3.29. The van der Waals surface area contributed by atoms with Gasteiger partial charge in [0.15, 0.2) is 6.04 Å². The molecule has 30 heavy (non-hydrogen) atoms. The van der Waals surface area contributed by atoms with E-state index in [1.54, 1.807) is 20.1 Å². The molecule has 4 rings (SSSR count). The summed E-state index contributed by atoms with van der Waals surface area (Å²) < 4.78 is 25.2. The van der Waals surface area contributed by atoms with E-state index in [4.69, 9.17) is 9.47 Å². The summed E-state index contributed by atoms with van der Waals surface area (Å²) in [6.45, 7) is 7.16. The standard InChI is InChI=1S/C20H20FN3O5S/c1-5-8-23-13-7-6-11(21)9-12(13)20(16(23)26)14(22-17(29-20)30-4)15(25)24-18(27)28-10-19(24,2)3/h5-7,9,14H,1,8,10H2,2-4H3/t14-,20-/m0/s1. The van der Waals surface area contributed by atoms with Gasteiger partial charge in [0, 0.05) is 12.1 Å². The highest BCUT2D eigenvalue weighted by atomic mass is 32.2. The fourth-order valence-electron chi connectivity index (χ4n) is 4.00. The van der Waals surface area contributed by atoms with Crippen molar-refractivity contribution in [3.05, 3.63) is 42.2 Å². The summed E-state index contributed by atoms with van der Waals surface area (Å²) in [5.41, 5.74) is -2.25. The Balaban J connectivity index is 1.89. The van der Waals surface area contributed by atoms with Gasteiger partial charge < -0.3 is 14.4 Å².